The van der Waals surface area contributed by atoms with Gasteiger partial charge in [0.2, 0.25) is 0 Å². The minimum absolute atomic E-state index is 0.185. The Bertz CT molecular complexity index is 797. The summed E-state index contributed by atoms with van der Waals surface area (Å²) < 4.78 is 25.6. The number of sulfone groups is 1. The van der Waals surface area contributed by atoms with Gasteiger partial charge in [-0.2, -0.15) is 0 Å². The summed E-state index contributed by atoms with van der Waals surface area (Å²) in [5.41, 5.74) is -0.317. The largest absolute Gasteiger partial charge is 0.381 e. The van der Waals surface area contributed by atoms with Crippen LogP contribution < -0.4 is 0 Å². The van der Waals surface area contributed by atoms with E-state index in [2.05, 4.69) is 0 Å². The Morgan fingerprint density at radius 2 is 1.57 bits per heavy atom. The molecule has 1 N–H and O–H groups in total. The molecule has 0 fully saturated rings. The number of hydrogen-bond acceptors (Lipinski definition) is 3. The molecule has 0 heterocycles. The molecule has 0 spiro atoms. The first kappa shape index (κ1) is 16.0. The van der Waals surface area contributed by atoms with Crippen LogP contribution in [0.1, 0.15) is 18.9 Å². The van der Waals surface area contributed by atoms with Gasteiger partial charge in [0.05, 0.1) is 10.1 Å². The number of hydrogen-bond donors (Lipinski definition) is 1. The predicted octanol–water partition coefficient (Wildman–Crippen LogP) is 3.31. The van der Waals surface area contributed by atoms with Gasteiger partial charge in [-0.3, -0.25) is 0 Å². The maximum absolute atomic E-state index is 12.8. The molecule has 1 unspecified atom stereocenters. The third-order valence-corrected chi connectivity index (χ3v) is 6.73. The molecule has 0 aliphatic heterocycles. The highest BCUT2D eigenvalue weighted by Crippen LogP contribution is 2.38. The summed E-state index contributed by atoms with van der Waals surface area (Å²) in [6.07, 6.45) is 3.65. The van der Waals surface area contributed by atoms with Gasteiger partial charge in [-0.25, -0.2) is 8.42 Å². The molecule has 2 aromatic rings. The summed E-state index contributed by atoms with van der Waals surface area (Å²) in [4.78, 5) is 0.326. The topological polar surface area (TPSA) is 54.4 Å². The molecule has 3 nitrogen and oxygen atoms in total. The molecular formula is C19H20O3S. The standard InChI is InChI=1S/C19H20O3S/c1-15-14-19(20,16-8-4-2-5-9-16)13-12-18(15)23(21,22)17-10-6-3-7-11-17/h2-13,15,18,20H,14H2,1H3/t15-,18?,19+/m1/s1. The van der Waals surface area contributed by atoms with Crippen LogP contribution >= 0.6 is 0 Å². The average molecular weight is 328 g/mol. The third kappa shape index (κ3) is 2.96. The third-order valence-electron chi connectivity index (χ3n) is 4.46. The van der Waals surface area contributed by atoms with Gasteiger partial charge in [-0.05, 0) is 30.0 Å². The van der Waals surface area contributed by atoms with E-state index in [0.29, 0.717) is 11.3 Å². The van der Waals surface area contributed by atoms with Gasteiger partial charge in [-0.1, -0.05) is 67.6 Å². The second-order valence-electron chi connectivity index (χ2n) is 6.15. The molecular weight excluding hydrogens is 308 g/mol. The Labute approximate surface area is 137 Å². The van der Waals surface area contributed by atoms with E-state index >= 15 is 0 Å². The monoisotopic (exact) mass is 328 g/mol. The lowest BCUT2D eigenvalue weighted by atomic mass is 9.79. The number of rotatable bonds is 3. The molecule has 2 aromatic carbocycles. The zero-order chi connectivity index (χ0) is 16.5. The molecule has 3 atom stereocenters. The van der Waals surface area contributed by atoms with E-state index in [0.717, 1.165) is 5.56 Å². The van der Waals surface area contributed by atoms with Gasteiger partial charge in [0.25, 0.3) is 0 Å². The van der Waals surface area contributed by atoms with E-state index < -0.39 is 20.7 Å². The summed E-state index contributed by atoms with van der Waals surface area (Å²) in [7, 11) is -3.44. The maximum Gasteiger partial charge on any atom is 0.185 e. The lowest BCUT2D eigenvalue weighted by Crippen LogP contribution is -2.38. The Hall–Kier alpha value is -1.91. The summed E-state index contributed by atoms with van der Waals surface area (Å²) in [5, 5.41) is 10.3. The molecule has 0 radical (unpaired) electrons. The molecule has 0 saturated heterocycles. The second kappa shape index (κ2) is 5.95. The van der Waals surface area contributed by atoms with Gasteiger partial charge in [0, 0.05) is 0 Å². The van der Waals surface area contributed by atoms with Crippen LogP contribution in [0.15, 0.2) is 77.7 Å². The minimum atomic E-state index is -3.44. The first-order chi connectivity index (χ1) is 10.9. The van der Waals surface area contributed by atoms with Gasteiger partial charge < -0.3 is 5.11 Å². The van der Waals surface area contributed by atoms with Crippen LogP contribution in [0, 0.1) is 5.92 Å². The van der Waals surface area contributed by atoms with Crippen LogP contribution in [0.25, 0.3) is 0 Å². The van der Waals surface area contributed by atoms with Crippen molar-refractivity contribution in [2.45, 2.75) is 29.1 Å². The highest BCUT2D eigenvalue weighted by Gasteiger charge is 2.40. The lowest BCUT2D eigenvalue weighted by molar-refractivity contribution is 0.0575. The van der Waals surface area contributed by atoms with E-state index in [1.165, 1.54) is 0 Å². The molecule has 4 heteroatoms. The van der Waals surface area contributed by atoms with E-state index in [4.69, 9.17) is 0 Å². The van der Waals surface area contributed by atoms with Crippen LogP contribution in [0.2, 0.25) is 0 Å². The highest BCUT2D eigenvalue weighted by molar-refractivity contribution is 7.92. The molecule has 3 rings (SSSR count). The Morgan fingerprint density at radius 1 is 1.00 bits per heavy atom. The van der Waals surface area contributed by atoms with Crippen LogP contribution in [-0.2, 0) is 15.4 Å². The van der Waals surface area contributed by atoms with Crippen molar-refractivity contribution in [2.24, 2.45) is 5.92 Å². The highest BCUT2D eigenvalue weighted by atomic mass is 32.2. The summed E-state index contributed by atoms with van der Waals surface area (Å²) in [6, 6.07) is 17.9. The zero-order valence-corrected chi connectivity index (χ0v) is 13.8. The predicted molar refractivity (Wildman–Crippen MR) is 90.7 cm³/mol. The van der Waals surface area contributed by atoms with E-state index in [1.54, 1.807) is 42.5 Å². The molecule has 0 amide bonds. The molecule has 1 aliphatic rings. The maximum atomic E-state index is 12.8. The smallest absolute Gasteiger partial charge is 0.185 e. The lowest BCUT2D eigenvalue weighted by Gasteiger charge is -2.35. The molecule has 120 valence electrons. The summed E-state index contributed by atoms with van der Waals surface area (Å²) in [5.74, 6) is -0.185. The molecule has 23 heavy (non-hydrogen) atoms. The van der Waals surface area contributed by atoms with Gasteiger partial charge in [0.1, 0.15) is 5.60 Å². The minimum Gasteiger partial charge on any atom is -0.381 e. The first-order valence-corrected chi connectivity index (χ1v) is 9.24. The normalized spacial score (nSPS) is 27.7. The fraction of sp³-hybridized carbons (Fsp3) is 0.263. The summed E-state index contributed by atoms with van der Waals surface area (Å²) in [6.45, 7) is 1.88. The van der Waals surface area contributed by atoms with Gasteiger partial charge in [-0.15, -0.1) is 0 Å². The van der Waals surface area contributed by atoms with Crippen LogP contribution in [0.5, 0.6) is 0 Å². The first-order valence-electron chi connectivity index (χ1n) is 7.70. The van der Waals surface area contributed by atoms with Crippen molar-refractivity contribution in [3.8, 4) is 0 Å². The number of aliphatic hydroxyl groups is 1. The van der Waals surface area contributed by atoms with Crippen LogP contribution in [0.3, 0.4) is 0 Å². The van der Waals surface area contributed by atoms with Crippen molar-refractivity contribution in [1.29, 1.82) is 0 Å². The van der Waals surface area contributed by atoms with Crippen molar-refractivity contribution >= 4 is 9.84 Å². The fourth-order valence-corrected chi connectivity index (χ4v) is 5.08. The fourth-order valence-electron chi connectivity index (χ4n) is 3.24. The zero-order valence-electron chi connectivity index (χ0n) is 13.0. The van der Waals surface area contributed by atoms with E-state index in [1.807, 2.05) is 37.3 Å². The Balaban J connectivity index is 1.95. The molecule has 1 aliphatic carbocycles. The molecule has 0 bridgehead atoms. The SMILES string of the molecule is C[C@@H]1C[C@](O)(c2ccccc2)C=CC1S(=O)(=O)c1ccccc1. The number of benzene rings is 2. The Morgan fingerprint density at radius 3 is 2.13 bits per heavy atom. The van der Waals surface area contributed by atoms with E-state index in [-0.39, 0.29) is 5.92 Å². The molecule has 0 saturated carbocycles. The van der Waals surface area contributed by atoms with Crippen molar-refractivity contribution in [3.63, 3.8) is 0 Å². The van der Waals surface area contributed by atoms with Crippen molar-refractivity contribution < 1.29 is 13.5 Å². The quantitative estimate of drug-likeness (QED) is 0.880. The van der Waals surface area contributed by atoms with Crippen LogP contribution in [-0.4, -0.2) is 18.8 Å². The molecule has 0 aromatic heterocycles. The summed E-state index contributed by atoms with van der Waals surface area (Å²) >= 11 is 0. The van der Waals surface area contributed by atoms with Crippen LogP contribution in [0.4, 0.5) is 0 Å². The van der Waals surface area contributed by atoms with E-state index in [9.17, 15) is 13.5 Å². The van der Waals surface area contributed by atoms with Crippen molar-refractivity contribution in [1.82, 2.24) is 0 Å². The van der Waals surface area contributed by atoms with Crippen molar-refractivity contribution in [3.05, 3.63) is 78.4 Å². The van der Waals surface area contributed by atoms with Crippen molar-refractivity contribution in [2.75, 3.05) is 0 Å². The second-order valence-corrected chi connectivity index (χ2v) is 8.26. The Kier molecular flexibility index (Phi) is 4.13. The van der Waals surface area contributed by atoms with Gasteiger partial charge >= 0.3 is 0 Å². The average Bonchev–Trinajstić information content (AvgIpc) is 2.56. The van der Waals surface area contributed by atoms with Gasteiger partial charge in [0.15, 0.2) is 9.84 Å².